The van der Waals surface area contributed by atoms with E-state index in [1.807, 2.05) is 6.08 Å². The standard InChI is InChI=1S/C29H44O3/c1-2-3-5-20-7-9-21(10-8-20)28(31)32-19-29-16-4-6-27(29)26-13-11-22-18-23(30)12-14-24(22)25(26)15-17-29/h18,20-21,24-27H,2-17,19H2,1H3/t20?,21?,24-,25+,26+,27-,29-/m0/s1. The summed E-state index contributed by atoms with van der Waals surface area (Å²) < 4.78 is 6.15. The molecule has 3 heteroatoms. The minimum Gasteiger partial charge on any atom is -0.465 e. The molecule has 0 aliphatic heterocycles. The van der Waals surface area contributed by atoms with Crippen LogP contribution in [0.5, 0.6) is 0 Å². The van der Waals surface area contributed by atoms with Crippen LogP contribution in [-0.4, -0.2) is 18.4 Å². The Kier molecular flexibility index (Phi) is 6.82. The first-order valence-corrected chi connectivity index (χ1v) is 14.0. The average Bonchev–Trinajstić information content (AvgIpc) is 3.26. The number of unbranched alkanes of at least 4 members (excludes halogenated alkanes) is 1. The molecule has 0 aromatic rings. The van der Waals surface area contributed by atoms with Gasteiger partial charge in [0.2, 0.25) is 0 Å². The summed E-state index contributed by atoms with van der Waals surface area (Å²) in [5, 5.41) is 0. The number of rotatable bonds is 6. The van der Waals surface area contributed by atoms with Crippen molar-refractivity contribution in [2.75, 3.05) is 6.61 Å². The molecule has 0 aromatic carbocycles. The molecule has 5 aliphatic rings. The lowest BCUT2D eigenvalue weighted by atomic mass is 9.52. The highest BCUT2D eigenvalue weighted by molar-refractivity contribution is 5.91. The Labute approximate surface area is 195 Å². The van der Waals surface area contributed by atoms with Gasteiger partial charge in [-0.25, -0.2) is 0 Å². The minimum absolute atomic E-state index is 0.112. The van der Waals surface area contributed by atoms with Gasteiger partial charge in [0.05, 0.1) is 12.5 Å². The van der Waals surface area contributed by atoms with Crippen LogP contribution < -0.4 is 0 Å². The van der Waals surface area contributed by atoms with Gasteiger partial charge in [-0.2, -0.15) is 0 Å². The molecule has 32 heavy (non-hydrogen) atoms. The Morgan fingerprint density at radius 1 is 1.00 bits per heavy atom. The lowest BCUT2D eigenvalue weighted by Crippen LogP contribution is -2.47. The Morgan fingerprint density at radius 3 is 2.66 bits per heavy atom. The second-order valence-corrected chi connectivity index (χ2v) is 12.1. The molecule has 0 saturated heterocycles. The number of carbonyl (C=O) groups excluding carboxylic acids is 2. The SMILES string of the molecule is CCCCC1CCC(C(=O)OC[C@@]23CCC[C@H]2[C@@H]2CCC4=CC(=O)CC[C@@H]4[C@H]2CC3)CC1. The van der Waals surface area contributed by atoms with Gasteiger partial charge >= 0.3 is 5.97 Å². The van der Waals surface area contributed by atoms with Gasteiger partial charge in [-0.15, -0.1) is 0 Å². The number of esters is 1. The van der Waals surface area contributed by atoms with Crippen LogP contribution in [-0.2, 0) is 14.3 Å². The van der Waals surface area contributed by atoms with Crippen LogP contribution in [0.4, 0.5) is 0 Å². The summed E-state index contributed by atoms with van der Waals surface area (Å²) in [6.07, 6.45) is 21.1. The van der Waals surface area contributed by atoms with Crippen molar-refractivity contribution in [3.8, 4) is 0 Å². The lowest BCUT2D eigenvalue weighted by Gasteiger charge is -2.53. The Bertz CT molecular complexity index is 731. The summed E-state index contributed by atoms with van der Waals surface area (Å²) in [5.41, 5.74) is 1.72. The highest BCUT2D eigenvalue weighted by atomic mass is 16.5. The van der Waals surface area contributed by atoms with E-state index in [9.17, 15) is 9.59 Å². The molecule has 5 atom stereocenters. The Morgan fingerprint density at radius 2 is 1.84 bits per heavy atom. The molecule has 0 bridgehead atoms. The number of hydrogen-bond acceptors (Lipinski definition) is 3. The maximum Gasteiger partial charge on any atom is 0.308 e. The smallest absolute Gasteiger partial charge is 0.308 e. The average molecular weight is 441 g/mol. The summed E-state index contributed by atoms with van der Waals surface area (Å²) in [6.45, 7) is 2.95. The van der Waals surface area contributed by atoms with Crippen LogP contribution in [0.2, 0.25) is 0 Å². The maximum absolute atomic E-state index is 13.0. The van der Waals surface area contributed by atoms with Crippen LogP contribution in [0.1, 0.15) is 110 Å². The highest BCUT2D eigenvalue weighted by Crippen LogP contribution is 2.62. The molecule has 4 fully saturated rings. The van der Waals surface area contributed by atoms with Crippen LogP contribution in [0.3, 0.4) is 0 Å². The number of ketones is 1. The molecule has 5 aliphatic carbocycles. The van der Waals surface area contributed by atoms with Crippen molar-refractivity contribution < 1.29 is 14.3 Å². The van der Waals surface area contributed by atoms with Crippen molar-refractivity contribution in [2.45, 2.75) is 110 Å². The number of allylic oxidation sites excluding steroid dienone is 1. The van der Waals surface area contributed by atoms with Crippen molar-refractivity contribution in [3.05, 3.63) is 11.6 Å². The van der Waals surface area contributed by atoms with Crippen molar-refractivity contribution in [2.24, 2.45) is 40.9 Å². The second kappa shape index (κ2) is 9.63. The Balaban J connectivity index is 1.18. The third-order valence-corrected chi connectivity index (χ3v) is 10.5. The fourth-order valence-electron chi connectivity index (χ4n) is 8.74. The predicted octanol–water partition coefficient (Wildman–Crippen LogP) is 7.04. The van der Waals surface area contributed by atoms with Gasteiger partial charge in [0.1, 0.15) is 0 Å². The summed E-state index contributed by atoms with van der Waals surface area (Å²) in [6, 6.07) is 0. The molecule has 0 heterocycles. The first kappa shape index (κ1) is 22.7. The molecule has 0 amide bonds. The summed E-state index contributed by atoms with van der Waals surface area (Å²) in [5.74, 6) is 4.42. The summed E-state index contributed by atoms with van der Waals surface area (Å²) in [7, 11) is 0. The zero-order valence-electron chi connectivity index (χ0n) is 20.3. The third-order valence-electron chi connectivity index (χ3n) is 10.5. The molecule has 0 spiro atoms. The topological polar surface area (TPSA) is 43.4 Å². The normalized spacial score (nSPS) is 41.3. The van der Waals surface area contributed by atoms with Crippen LogP contribution in [0.25, 0.3) is 0 Å². The van der Waals surface area contributed by atoms with Gasteiger partial charge in [-0.05, 0) is 106 Å². The molecule has 0 aromatic heterocycles. The summed E-state index contributed by atoms with van der Waals surface area (Å²) in [4.78, 5) is 24.9. The van der Waals surface area contributed by atoms with Crippen molar-refractivity contribution in [1.29, 1.82) is 0 Å². The van der Waals surface area contributed by atoms with Gasteiger partial charge in [-0.1, -0.05) is 38.2 Å². The number of hydrogen-bond donors (Lipinski definition) is 0. The largest absolute Gasteiger partial charge is 0.465 e. The fourth-order valence-corrected chi connectivity index (χ4v) is 8.74. The van der Waals surface area contributed by atoms with E-state index in [0.717, 1.165) is 55.8 Å². The zero-order valence-corrected chi connectivity index (χ0v) is 20.3. The van der Waals surface area contributed by atoms with E-state index in [1.54, 1.807) is 0 Å². The molecule has 4 saturated carbocycles. The quantitative estimate of drug-likeness (QED) is 0.416. The van der Waals surface area contributed by atoms with Gasteiger partial charge < -0.3 is 4.74 Å². The van der Waals surface area contributed by atoms with Gasteiger partial charge in [0.25, 0.3) is 0 Å². The van der Waals surface area contributed by atoms with Crippen LogP contribution >= 0.6 is 0 Å². The molecule has 0 unspecified atom stereocenters. The molecular weight excluding hydrogens is 396 g/mol. The van der Waals surface area contributed by atoms with E-state index in [-0.39, 0.29) is 17.3 Å². The molecule has 5 rings (SSSR count). The van der Waals surface area contributed by atoms with E-state index < -0.39 is 0 Å². The summed E-state index contributed by atoms with van der Waals surface area (Å²) >= 11 is 0. The molecular formula is C29H44O3. The second-order valence-electron chi connectivity index (χ2n) is 12.1. The van der Waals surface area contributed by atoms with Crippen molar-refractivity contribution in [3.63, 3.8) is 0 Å². The van der Waals surface area contributed by atoms with Crippen molar-refractivity contribution in [1.82, 2.24) is 0 Å². The highest BCUT2D eigenvalue weighted by Gasteiger charge is 2.55. The third kappa shape index (κ3) is 4.34. The van der Waals surface area contributed by atoms with Gasteiger partial charge in [0, 0.05) is 11.8 Å². The fraction of sp³-hybridized carbons (Fsp3) is 0.862. The lowest BCUT2D eigenvalue weighted by molar-refractivity contribution is -0.158. The first-order valence-electron chi connectivity index (χ1n) is 14.0. The maximum atomic E-state index is 13.0. The molecule has 0 N–H and O–H groups in total. The van der Waals surface area contributed by atoms with E-state index in [0.29, 0.717) is 18.3 Å². The van der Waals surface area contributed by atoms with Gasteiger partial charge in [0.15, 0.2) is 5.78 Å². The van der Waals surface area contributed by atoms with Gasteiger partial charge in [-0.3, -0.25) is 9.59 Å². The van der Waals surface area contributed by atoms with Crippen LogP contribution in [0.15, 0.2) is 11.6 Å². The van der Waals surface area contributed by atoms with Crippen LogP contribution in [0, 0.1) is 40.9 Å². The minimum atomic E-state index is 0.112. The molecule has 3 nitrogen and oxygen atoms in total. The number of fused-ring (bicyclic) bond motifs is 5. The molecule has 0 radical (unpaired) electrons. The number of carbonyl (C=O) groups is 2. The van der Waals surface area contributed by atoms with E-state index in [2.05, 4.69) is 6.92 Å². The van der Waals surface area contributed by atoms with Crippen molar-refractivity contribution >= 4 is 11.8 Å². The van der Waals surface area contributed by atoms with E-state index in [1.165, 1.54) is 76.2 Å². The van der Waals surface area contributed by atoms with E-state index >= 15 is 0 Å². The first-order chi connectivity index (χ1) is 15.6. The number of ether oxygens (including phenoxy) is 1. The Hall–Kier alpha value is -1.12. The van der Waals surface area contributed by atoms with E-state index in [4.69, 9.17) is 4.74 Å². The molecule has 178 valence electrons. The zero-order chi connectivity index (χ0) is 22.1. The predicted molar refractivity (Wildman–Crippen MR) is 127 cm³/mol. The monoisotopic (exact) mass is 440 g/mol.